The van der Waals surface area contributed by atoms with E-state index < -0.39 is 6.23 Å². The van der Waals surface area contributed by atoms with Crippen LogP contribution in [0.1, 0.15) is 45.0 Å². The number of ether oxygens (including phenoxy) is 1. The average Bonchev–Trinajstić information content (AvgIpc) is 2.91. The van der Waals surface area contributed by atoms with Crippen LogP contribution in [0.2, 0.25) is 5.02 Å². The Morgan fingerprint density at radius 2 is 2.03 bits per heavy atom. The topological polar surface area (TPSA) is 68.2 Å². The number of carbonyl (C=O) groups excluding carboxylic acids is 1. The van der Waals surface area contributed by atoms with Crippen LogP contribution < -0.4 is 9.64 Å². The number of thioether (sulfide) groups is 1. The molecule has 1 aliphatic heterocycles. The Morgan fingerprint density at radius 3 is 2.72 bits per heavy atom. The lowest BCUT2D eigenvalue weighted by Crippen LogP contribution is -2.36. The van der Waals surface area contributed by atoms with Crippen LogP contribution in [-0.2, 0) is 11.2 Å². The minimum Gasteiger partial charge on any atom is -0.447 e. The Hall–Kier alpha value is -2.64. The summed E-state index contributed by atoms with van der Waals surface area (Å²) >= 11 is 7.81. The van der Waals surface area contributed by atoms with Crippen molar-refractivity contribution in [3.8, 4) is 17.1 Å². The molecule has 1 atom stereocenters. The number of aromatic nitrogens is 3. The van der Waals surface area contributed by atoms with E-state index in [1.807, 2.05) is 30.3 Å². The molecule has 1 amide bonds. The Labute approximate surface area is 197 Å². The van der Waals surface area contributed by atoms with Crippen LogP contribution in [0.3, 0.4) is 0 Å². The molecular weight excluding hydrogens is 444 g/mol. The molecule has 0 aliphatic carbocycles. The zero-order valence-corrected chi connectivity index (χ0v) is 20.1. The minimum absolute atomic E-state index is 0.157. The van der Waals surface area contributed by atoms with Crippen molar-refractivity contribution >= 4 is 35.0 Å². The van der Waals surface area contributed by atoms with Crippen molar-refractivity contribution in [1.82, 2.24) is 15.2 Å². The molecule has 3 aromatic rings. The summed E-state index contributed by atoms with van der Waals surface area (Å²) in [5.74, 6) is 1.56. The second kappa shape index (κ2) is 9.46. The molecule has 0 spiro atoms. The largest absolute Gasteiger partial charge is 0.447 e. The summed E-state index contributed by atoms with van der Waals surface area (Å²) in [5, 5.41) is 9.94. The van der Waals surface area contributed by atoms with Crippen LogP contribution in [0, 0.1) is 5.92 Å². The van der Waals surface area contributed by atoms with Crippen LogP contribution in [-0.4, -0.2) is 26.8 Å². The number of anilines is 1. The van der Waals surface area contributed by atoms with E-state index in [-0.39, 0.29) is 5.91 Å². The normalized spacial score (nSPS) is 15.1. The van der Waals surface area contributed by atoms with E-state index in [4.69, 9.17) is 16.3 Å². The van der Waals surface area contributed by atoms with Gasteiger partial charge in [0.05, 0.1) is 5.69 Å². The fourth-order valence-electron chi connectivity index (χ4n) is 3.55. The van der Waals surface area contributed by atoms with Crippen molar-refractivity contribution in [1.29, 1.82) is 0 Å². The monoisotopic (exact) mass is 468 g/mol. The number of rotatable bonds is 5. The van der Waals surface area contributed by atoms with E-state index in [0.717, 1.165) is 28.9 Å². The van der Waals surface area contributed by atoms with Crippen LogP contribution >= 0.6 is 23.4 Å². The number of halogens is 1. The van der Waals surface area contributed by atoms with Gasteiger partial charge in [0, 0.05) is 28.8 Å². The number of fused-ring (bicyclic) bond motifs is 3. The molecule has 32 heavy (non-hydrogen) atoms. The standard InChI is InChI=1S/C24H25ClN4O2S/c1-5-16-9-10-20-19(11-16)21-22(26-24(28-27-21)32-13-14(2)3)31-23(29(20)15(4)30)17-7-6-8-18(25)12-17/h6-12,14,23H,5,13H2,1-4H3/t23-/m1/s1. The number of hydrogen-bond acceptors (Lipinski definition) is 6. The van der Waals surface area contributed by atoms with E-state index in [2.05, 4.69) is 36.0 Å². The molecule has 2 aromatic carbocycles. The number of carbonyl (C=O) groups is 1. The predicted molar refractivity (Wildman–Crippen MR) is 128 cm³/mol. The summed E-state index contributed by atoms with van der Waals surface area (Å²) in [6, 6.07) is 13.3. The summed E-state index contributed by atoms with van der Waals surface area (Å²) in [7, 11) is 0. The van der Waals surface area contributed by atoms with Gasteiger partial charge in [-0.25, -0.2) is 0 Å². The third-order valence-electron chi connectivity index (χ3n) is 5.10. The molecule has 0 bridgehead atoms. The molecule has 0 fully saturated rings. The van der Waals surface area contributed by atoms with Gasteiger partial charge in [0.1, 0.15) is 0 Å². The lowest BCUT2D eigenvalue weighted by molar-refractivity contribution is -0.118. The van der Waals surface area contributed by atoms with Crippen LogP contribution in [0.25, 0.3) is 11.3 Å². The lowest BCUT2D eigenvalue weighted by atomic mass is 10.0. The predicted octanol–water partition coefficient (Wildman–Crippen LogP) is 5.95. The quantitative estimate of drug-likeness (QED) is 0.431. The van der Waals surface area contributed by atoms with E-state index in [9.17, 15) is 4.79 Å². The van der Waals surface area contributed by atoms with E-state index >= 15 is 0 Å². The minimum atomic E-state index is -0.738. The second-order valence-corrected chi connectivity index (χ2v) is 9.50. The molecule has 1 aliphatic rings. The first-order valence-corrected chi connectivity index (χ1v) is 12.0. The second-order valence-electron chi connectivity index (χ2n) is 8.07. The van der Waals surface area contributed by atoms with E-state index in [1.165, 1.54) is 18.7 Å². The van der Waals surface area contributed by atoms with Gasteiger partial charge in [-0.05, 0) is 42.2 Å². The highest BCUT2D eigenvalue weighted by atomic mass is 35.5. The Morgan fingerprint density at radius 1 is 1.22 bits per heavy atom. The Balaban J connectivity index is 1.91. The van der Waals surface area contributed by atoms with Gasteiger partial charge in [-0.15, -0.1) is 10.2 Å². The van der Waals surface area contributed by atoms with Gasteiger partial charge in [-0.3, -0.25) is 9.69 Å². The number of nitrogens with zero attached hydrogens (tertiary/aromatic N) is 4. The van der Waals surface area contributed by atoms with Gasteiger partial charge >= 0.3 is 0 Å². The van der Waals surface area contributed by atoms with Gasteiger partial charge in [0.25, 0.3) is 0 Å². The van der Waals surface area contributed by atoms with Crippen LogP contribution in [0.15, 0.2) is 47.6 Å². The maximum atomic E-state index is 12.9. The average molecular weight is 469 g/mol. The molecule has 8 heteroatoms. The summed E-state index contributed by atoms with van der Waals surface area (Å²) in [5.41, 5.74) is 3.89. The zero-order valence-electron chi connectivity index (χ0n) is 18.5. The molecule has 0 saturated carbocycles. The summed E-state index contributed by atoms with van der Waals surface area (Å²) in [6.07, 6.45) is 0.114. The van der Waals surface area contributed by atoms with Crippen LogP contribution in [0.5, 0.6) is 5.88 Å². The molecule has 1 aromatic heterocycles. The van der Waals surface area contributed by atoms with Gasteiger partial charge in [0.15, 0.2) is 5.69 Å². The van der Waals surface area contributed by atoms with Crippen LogP contribution in [0.4, 0.5) is 5.69 Å². The SMILES string of the molecule is CCc1ccc2c(c1)-c1nnc(SCC(C)C)nc1O[C@H](c1cccc(Cl)c1)N2C(C)=O. The summed E-state index contributed by atoms with van der Waals surface area (Å²) < 4.78 is 6.39. The molecular formula is C24H25ClN4O2S. The first-order chi connectivity index (χ1) is 15.4. The smallest absolute Gasteiger partial charge is 0.247 e. The molecule has 0 saturated heterocycles. The molecule has 6 nitrogen and oxygen atoms in total. The number of benzene rings is 2. The zero-order chi connectivity index (χ0) is 22.8. The van der Waals surface area contributed by atoms with Gasteiger partial charge in [0.2, 0.25) is 23.2 Å². The number of aryl methyl sites for hydroxylation is 1. The van der Waals surface area contributed by atoms with Crippen molar-refractivity contribution < 1.29 is 9.53 Å². The maximum absolute atomic E-state index is 12.9. The Bertz CT molecular complexity index is 1150. The highest BCUT2D eigenvalue weighted by Crippen LogP contribution is 2.44. The summed E-state index contributed by atoms with van der Waals surface area (Å²) in [4.78, 5) is 19.2. The third kappa shape index (κ3) is 4.59. The summed E-state index contributed by atoms with van der Waals surface area (Å²) in [6.45, 7) is 7.89. The molecule has 2 heterocycles. The van der Waals surface area contributed by atoms with E-state index in [1.54, 1.807) is 17.0 Å². The molecule has 166 valence electrons. The first kappa shape index (κ1) is 22.6. The van der Waals surface area contributed by atoms with Crippen molar-refractivity contribution in [2.75, 3.05) is 10.7 Å². The van der Waals surface area contributed by atoms with E-state index in [0.29, 0.717) is 33.4 Å². The maximum Gasteiger partial charge on any atom is 0.247 e. The fraction of sp³-hybridized carbons (Fsp3) is 0.333. The highest BCUT2D eigenvalue weighted by Gasteiger charge is 2.35. The van der Waals surface area contributed by atoms with Gasteiger partial charge in [-0.1, -0.05) is 62.3 Å². The van der Waals surface area contributed by atoms with Gasteiger partial charge < -0.3 is 4.74 Å². The molecule has 0 unspecified atom stereocenters. The Kier molecular flexibility index (Phi) is 6.67. The number of hydrogen-bond donors (Lipinski definition) is 0. The molecule has 0 radical (unpaired) electrons. The molecule has 4 rings (SSSR count). The highest BCUT2D eigenvalue weighted by molar-refractivity contribution is 7.99. The number of amides is 1. The van der Waals surface area contributed by atoms with Crippen molar-refractivity contribution in [3.63, 3.8) is 0 Å². The van der Waals surface area contributed by atoms with Gasteiger partial charge in [-0.2, -0.15) is 4.98 Å². The van der Waals surface area contributed by atoms with Crippen molar-refractivity contribution in [3.05, 3.63) is 58.6 Å². The fourth-order valence-corrected chi connectivity index (χ4v) is 4.48. The first-order valence-electron chi connectivity index (χ1n) is 10.6. The van der Waals surface area contributed by atoms with Crippen molar-refractivity contribution in [2.24, 2.45) is 5.92 Å². The lowest BCUT2D eigenvalue weighted by Gasteiger charge is -2.30. The third-order valence-corrected chi connectivity index (χ3v) is 6.60. The van der Waals surface area contributed by atoms with Crippen molar-refractivity contribution in [2.45, 2.75) is 45.5 Å². The molecule has 0 N–H and O–H groups in total.